The second-order valence-corrected chi connectivity index (χ2v) is 7.82. The molecule has 12 heteroatoms. The van der Waals surface area contributed by atoms with Crippen molar-refractivity contribution >= 4 is 30.4 Å². The summed E-state index contributed by atoms with van der Waals surface area (Å²) in [5, 5.41) is 24.3. The molecule has 10 nitrogen and oxygen atoms in total. The molecule has 1 unspecified atom stereocenters. The van der Waals surface area contributed by atoms with Gasteiger partial charge in [0.25, 0.3) is 0 Å². The molecule has 1 aliphatic heterocycles. The highest BCUT2D eigenvalue weighted by molar-refractivity contribution is 8.44. The van der Waals surface area contributed by atoms with Crippen molar-refractivity contribution in [1.82, 2.24) is 14.6 Å². The zero-order valence-electron chi connectivity index (χ0n) is 11.6. The van der Waals surface area contributed by atoms with Crippen LogP contribution in [0.1, 0.15) is 11.8 Å². The highest BCUT2D eigenvalue weighted by Crippen LogP contribution is 2.47. The van der Waals surface area contributed by atoms with E-state index in [4.69, 9.17) is 15.4 Å². The Morgan fingerprint density at radius 2 is 2.17 bits per heavy atom. The molecule has 1 aliphatic rings. The zero-order valence-corrected chi connectivity index (χ0v) is 13.4. The molecule has 3 rings (SSSR count). The minimum atomic E-state index is -4.01. The average Bonchev–Trinajstić information content (AvgIpc) is 3.01. The van der Waals surface area contributed by atoms with Gasteiger partial charge in [0, 0.05) is 0 Å². The Morgan fingerprint density at radius 1 is 1.43 bits per heavy atom. The molecule has 126 valence electrons. The Bertz CT molecular complexity index is 766. The van der Waals surface area contributed by atoms with Crippen molar-refractivity contribution in [3.05, 3.63) is 24.2 Å². The number of hydrogen-bond acceptors (Lipinski definition) is 8. The van der Waals surface area contributed by atoms with Crippen LogP contribution in [0.5, 0.6) is 0 Å². The molecular formula is C11H15N4O6PS. The zero-order chi connectivity index (χ0) is 16.8. The summed E-state index contributed by atoms with van der Waals surface area (Å²) in [4.78, 5) is 12.9. The topological polar surface area (TPSA) is 152 Å². The molecule has 23 heavy (non-hydrogen) atoms. The van der Waals surface area contributed by atoms with Crippen molar-refractivity contribution in [2.24, 2.45) is 0 Å². The van der Waals surface area contributed by atoms with E-state index < -0.39 is 37.8 Å². The molecule has 0 aromatic carbocycles. The van der Waals surface area contributed by atoms with Gasteiger partial charge in [0.2, 0.25) is 0 Å². The Labute approximate surface area is 135 Å². The first-order valence-corrected chi connectivity index (χ1v) is 9.31. The van der Waals surface area contributed by atoms with Gasteiger partial charge in [-0.1, -0.05) is 12.2 Å². The number of aromatic nitrogens is 3. The van der Waals surface area contributed by atoms with Crippen LogP contribution in [0, 0.1) is 0 Å². The van der Waals surface area contributed by atoms with E-state index in [0.717, 1.165) is 0 Å². The smallest absolute Gasteiger partial charge is 0.383 e. The molecule has 1 saturated heterocycles. The highest BCUT2D eigenvalue weighted by Gasteiger charge is 2.45. The molecule has 2 aromatic rings. The van der Waals surface area contributed by atoms with Crippen LogP contribution in [0.25, 0.3) is 5.52 Å². The summed E-state index contributed by atoms with van der Waals surface area (Å²) in [6.07, 6.45) is -3.21. The van der Waals surface area contributed by atoms with Crippen molar-refractivity contribution in [2.45, 2.75) is 24.4 Å². The van der Waals surface area contributed by atoms with Crippen LogP contribution in [-0.2, 0) is 13.8 Å². The summed E-state index contributed by atoms with van der Waals surface area (Å²) in [6, 6.07) is 3.30. The molecule has 5 N–H and O–H groups in total. The van der Waals surface area contributed by atoms with E-state index >= 15 is 0 Å². The lowest BCUT2D eigenvalue weighted by Gasteiger charge is -2.15. The lowest BCUT2D eigenvalue weighted by molar-refractivity contribution is -0.0194. The standard InChI is InChI=1S/C11H15N4O6PS/c12-11-6-2-1-5(15(6)14-4-13-11)10-9(17)8(16)7(21-10)3-20-22(18,19)23/h1-2,4,7-10,16-17H,3H2,(H2,12,13,14)(H2,18,19,23)/t7-,8-,9-,10+/m1/s1. The third-order valence-corrected chi connectivity index (χ3v) is 4.40. The number of ether oxygens (including phenoxy) is 1. The fourth-order valence-electron chi connectivity index (χ4n) is 2.49. The van der Waals surface area contributed by atoms with Gasteiger partial charge >= 0.3 is 6.80 Å². The van der Waals surface area contributed by atoms with Gasteiger partial charge in [0.1, 0.15) is 36.3 Å². The summed E-state index contributed by atoms with van der Waals surface area (Å²) >= 11 is 3.38. The number of nitrogen functional groups attached to an aromatic ring is 1. The Hall–Kier alpha value is -1.20. The van der Waals surface area contributed by atoms with Crippen LogP contribution in [0.15, 0.2) is 18.5 Å². The summed E-state index contributed by atoms with van der Waals surface area (Å²) in [7, 11) is 0. The van der Waals surface area contributed by atoms with Crippen LogP contribution >= 0.6 is 19.0 Å². The molecule has 5 atom stereocenters. The molecule has 1 fully saturated rings. The maximum absolute atomic E-state index is 11.0. The molecule has 0 spiro atoms. The van der Waals surface area contributed by atoms with Gasteiger partial charge in [0.15, 0.2) is 5.82 Å². The highest BCUT2D eigenvalue weighted by atomic mass is 32.7. The quantitative estimate of drug-likeness (QED) is 0.358. The van der Waals surface area contributed by atoms with Crippen LogP contribution in [-0.4, -0.2) is 54.6 Å². The van der Waals surface area contributed by atoms with E-state index in [1.165, 1.54) is 10.8 Å². The number of anilines is 1. The van der Waals surface area contributed by atoms with E-state index in [-0.39, 0.29) is 5.82 Å². The van der Waals surface area contributed by atoms with Gasteiger partial charge in [-0.3, -0.25) is 4.52 Å². The van der Waals surface area contributed by atoms with E-state index in [9.17, 15) is 14.8 Å². The van der Waals surface area contributed by atoms with Gasteiger partial charge in [0.05, 0.1) is 12.3 Å². The van der Waals surface area contributed by atoms with E-state index in [1.807, 2.05) is 0 Å². The number of nitrogens with zero attached hydrogens (tertiary/aromatic N) is 3. The lowest BCUT2D eigenvalue weighted by atomic mass is 10.1. The maximum atomic E-state index is 11.0. The number of fused-ring (bicyclic) bond motifs is 1. The van der Waals surface area contributed by atoms with Gasteiger partial charge in [-0.15, -0.1) is 0 Å². The Morgan fingerprint density at radius 3 is 2.87 bits per heavy atom. The third kappa shape index (κ3) is 3.22. The van der Waals surface area contributed by atoms with Crippen LogP contribution in [0.3, 0.4) is 0 Å². The van der Waals surface area contributed by atoms with Crippen LogP contribution in [0.2, 0.25) is 0 Å². The number of rotatable bonds is 4. The van der Waals surface area contributed by atoms with Gasteiger partial charge < -0.3 is 25.6 Å². The second kappa shape index (κ2) is 6.02. The molecular weight excluding hydrogens is 347 g/mol. The van der Waals surface area contributed by atoms with Crippen molar-refractivity contribution in [3.63, 3.8) is 0 Å². The van der Waals surface area contributed by atoms with Crippen molar-refractivity contribution < 1.29 is 28.9 Å². The molecule has 0 amide bonds. The maximum Gasteiger partial charge on any atom is 0.383 e. The Balaban J connectivity index is 1.85. The van der Waals surface area contributed by atoms with Crippen molar-refractivity contribution in [3.8, 4) is 0 Å². The first kappa shape index (κ1) is 16.7. The minimum absolute atomic E-state index is 0.260. The van der Waals surface area contributed by atoms with E-state index in [0.29, 0.717) is 11.2 Å². The first-order valence-electron chi connectivity index (χ1n) is 6.58. The summed E-state index contributed by atoms with van der Waals surface area (Å²) in [6.45, 7) is -4.41. The van der Waals surface area contributed by atoms with Crippen molar-refractivity contribution in [1.29, 1.82) is 0 Å². The molecule has 0 radical (unpaired) electrons. The summed E-state index contributed by atoms with van der Waals surface area (Å²) in [5.41, 5.74) is 6.73. The van der Waals surface area contributed by atoms with Crippen molar-refractivity contribution in [2.75, 3.05) is 12.3 Å². The van der Waals surface area contributed by atoms with Gasteiger partial charge in [-0.05, 0) is 12.1 Å². The number of thiol groups is 1. The first-order chi connectivity index (χ1) is 10.8. The molecule has 0 bridgehead atoms. The lowest BCUT2D eigenvalue weighted by Crippen LogP contribution is -2.33. The molecule has 3 heterocycles. The SMILES string of the molecule is Nc1ncnn2c([C@@H]3O[C@H](COP(=O)(O)S)[C@@H](O)[C@H]3O)ccc12. The van der Waals surface area contributed by atoms with Gasteiger partial charge in [-0.25, -0.2) is 14.1 Å². The molecule has 0 aliphatic carbocycles. The summed E-state index contributed by atoms with van der Waals surface area (Å²) in [5.74, 6) is 0.260. The summed E-state index contributed by atoms with van der Waals surface area (Å²) < 4.78 is 22.7. The number of aliphatic hydroxyl groups is 2. The fourth-order valence-corrected chi connectivity index (χ4v) is 3.03. The number of hydrogen-bond donors (Lipinski definition) is 5. The fraction of sp³-hybridized carbons (Fsp3) is 0.455. The average molecular weight is 362 g/mol. The number of aliphatic hydroxyl groups excluding tert-OH is 2. The largest absolute Gasteiger partial charge is 0.387 e. The normalized spacial score (nSPS) is 30.6. The minimum Gasteiger partial charge on any atom is -0.387 e. The molecule has 0 saturated carbocycles. The van der Waals surface area contributed by atoms with Crippen LogP contribution in [0.4, 0.5) is 5.82 Å². The predicted octanol–water partition coefficient (Wildman–Crippen LogP) is -0.480. The van der Waals surface area contributed by atoms with E-state index in [2.05, 4.69) is 26.9 Å². The monoisotopic (exact) mass is 362 g/mol. The van der Waals surface area contributed by atoms with E-state index in [1.54, 1.807) is 12.1 Å². The third-order valence-electron chi connectivity index (χ3n) is 3.57. The predicted molar refractivity (Wildman–Crippen MR) is 81.8 cm³/mol. The number of nitrogens with two attached hydrogens (primary N) is 1. The Kier molecular flexibility index (Phi) is 4.36. The second-order valence-electron chi connectivity index (χ2n) is 5.06. The van der Waals surface area contributed by atoms with Crippen LogP contribution < -0.4 is 5.73 Å². The van der Waals surface area contributed by atoms with Gasteiger partial charge in [-0.2, -0.15) is 5.10 Å². The molecule has 2 aromatic heterocycles.